The Hall–Kier alpha value is -3.29. The van der Waals surface area contributed by atoms with Crippen LogP contribution in [0.1, 0.15) is 27.9 Å². The number of non-ortho nitro benzene ring substituents is 1. The Morgan fingerprint density at radius 3 is 2.39 bits per heavy atom. The van der Waals surface area contributed by atoms with E-state index < -0.39 is 10.9 Å². The van der Waals surface area contributed by atoms with Crippen molar-refractivity contribution in [2.75, 3.05) is 5.32 Å². The molecule has 0 aliphatic carbocycles. The van der Waals surface area contributed by atoms with E-state index in [0.717, 1.165) is 36.5 Å². The SMILES string of the molecule is O=C(O)c1cc([N+](=O)[O-])cc2c1Nc1cc(CCCc3ccc(Cl)c(Cl)c3)ccc1O2. The largest absolute Gasteiger partial charge is 0.478 e. The summed E-state index contributed by atoms with van der Waals surface area (Å²) in [5.41, 5.74) is 2.36. The number of hydrogen-bond acceptors (Lipinski definition) is 5. The second-order valence-corrected chi connectivity index (χ2v) is 7.90. The van der Waals surface area contributed by atoms with Crippen molar-refractivity contribution < 1.29 is 19.6 Å². The van der Waals surface area contributed by atoms with Crippen molar-refractivity contribution in [1.82, 2.24) is 0 Å². The van der Waals surface area contributed by atoms with Gasteiger partial charge in [-0.15, -0.1) is 0 Å². The third kappa shape index (κ3) is 4.42. The van der Waals surface area contributed by atoms with Crippen molar-refractivity contribution in [2.45, 2.75) is 19.3 Å². The summed E-state index contributed by atoms with van der Waals surface area (Å²) in [6, 6.07) is 13.4. The average molecular weight is 459 g/mol. The predicted octanol–water partition coefficient (Wildman–Crippen LogP) is 6.62. The molecule has 3 aromatic rings. The monoisotopic (exact) mass is 458 g/mol. The van der Waals surface area contributed by atoms with E-state index in [9.17, 15) is 20.0 Å². The highest BCUT2D eigenvalue weighted by molar-refractivity contribution is 6.42. The maximum absolute atomic E-state index is 11.6. The van der Waals surface area contributed by atoms with Crippen molar-refractivity contribution in [3.63, 3.8) is 0 Å². The minimum Gasteiger partial charge on any atom is -0.478 e. The van der Waals surface area contributed by atoms with E-state index in [4.69, 9.17) is 27.9 Å². The van der Waals surface area contributed by atoms with E-state index in [1.807, 2.05) is 24.3 Å². The highest BCUT2D eigenvalue weighted by Crippen LogP contribution is 2.45. The molecule has 158 valence electrons. The molecule has 31 heavy (non-hydrogen) atoms. The first-order valence-corrected chi connectivity index (χ1v) is 10.1. The number of aromatic carboxylic acids is 1. The molecule has 0 saturated heterocycles. The molecule has 0 aromatic heterocycles. The Morgan fingerprint density at radius 1 is 1.00 bits per heavy atom. The number of ether oxygens (including phenoxy) is 1. The lowest BCUT2D eigenvalue weighted by Gasteiger charge is -2.23. The number of anilines is 2. The van der Waals surface area contributed by atoms with Crippen LogP contribution < -0.4 is 10.1 Å². The van der Waals surface area contributed by atoms with Crippen LogP contribution in [0, 0.1) is 10.1 Å². The minimum absolute atomic E-state index is 0.103. The molecular weight excluding hydrogens is 443 g/mol. The van der Waals surface area contributed by atoms with Gasteiger partial charge in [-0.1, -0.05) is 35.3 Å². The van der Waals surface area contributed by atoms with Gasteiger partial charge in [-0.2, -0.15) is 0 Å². The summed E-state index contributed by atoms with van der Waals surface area (Å²) in [5, 5.41) is 24.7. The topological polar surface area (TPSA) is 102 Å². The number of aryl methyl sites for hydroxylation is 2. The quantitative estimate of drug-likeness (QED) is 0.248. The second-order valence-electron chi connectivity index (χ2n) is 7.09. The first-order valence-electron chi connectivity index (χ1n) is 9.39. The van der Waals surface area contributed by atoms with Gasteiger partial charge in [-0.05, 0) is 54.7 Å². The number of rotatable bonds is 6. The number of halogens is 2. The zero-order valence-corrected chi connectivity index (χ0v) is 17.5. The first kappa shape index (κ1) is 21.0. The molecule has 1 aliphatic heterocycles. The van der Waals surface area contributed by atoms with Crippen molar-refractivity contribution in [3.05, 3.63) is 85.4 Å². The summed E-state index contributed by atoms with van der Waals surface area (Å²) in [6.07, 6.45) is 2.49. The fourth-order valence-corrected chi connectivity index (χ4v) is 3.77. The maximum Gasteiger partial charge on any atom is 0.338 e. The van der Waals surface area contributed by atoms with E-state index in [0.29, 0.717) is 21.5 Å². The highest BCUT2D eigenvalue weighted by Gasteiger charge is 2.26. The van der Waals surface area contributed by atoms with Gasteiger partial charge in [0.15, 0.2) is 11.5 Å². The molecule has 0 saturated carbocycles. The van der Waals surface area contributed by atoms with Gasteiger partial charge in [-0.3, -0.25) is 10.1 Å². The molecule has 0 spiro atoms. The summed E-state index contributed by atoms with van der Waals surface area (Å²) in [4.78, 5) is 22.1. The van der Waals surface area contributed by atoms with Gasteiger partial charge in [0, 0.05) is 6.07 Å². The van der Waals surface area contributed by atoms with Gasteiger partial charge in [0.2, 0.25) is 0 Å². The Bertz CT molecular complexity index is 1210. The fraction of sp³-hybridized carbons (Fsp3) is 0.136. The van der Waals surface area contributed by atoms with Crippen molar-refractivity contribution in [1.29, 1.82) is 0 Å². The molecule has 3 aromatic carbocycles. The van der Waals surface area contributed by atoms with Crippen LogP contribution in [0.3, 0.4) is 0 Å². The smallest absolute Gasteiger partial charge is 0.338 e. The number of carboxylic acids is 1. The number of nitro benzene ring substituents is 1. The average Bonchev–Trinajstić information content (AvgIpc) is 2.73. The summed E-state index contributed by atoms with van der Waals surface area (Å²) in [6.45, 7) is 0. The van der Waals surface area contributed by atoms with Gasteiger partial charge in [-0.25, -0.2) is 4.79 Å². The molecule has 9 heteroatoms. The lowest BCUT2D eigenvalue weighted by Crippen LogP contribution is -2.10. The summed E-state index contributed by atoms with van der Waals surface area (Å²) in [5.74, 6) is -0.707. The second kappa shape index (κ2) is 8.45. The summed E-state index contributed by atoms with van der Waals surface area (Å²) < 4.78 is 5.75. The van der Waals surface area contributed by atoms with Crippen LogP contribution in [0.5, 0.6) is 11.5 Å². The lowest BCUT2D eigenvalue weighted by molar-refractivity contribution is -0.384. The zero-order valence-electron chi connectivity index (χ0n) is 16.0. The number of nitrogens with one attached hydrogen (secondary N) is 1. The third-order valence-corrected chi connectivity index (χ3v) is 5.71. The van der Waals surface area contributed by atoms with Gasteiger partial charge >= 0.3 is 5.97 Å². The van der Waals surface area contributed by atoms with E-state index in [-0.39, 0.29) is 22.7 Å². The van der Waals surface area contributed by atoms with Crippen molar-refractivity contribution >= 4 is 46.2 Å². The molecule has 0 radical (unpaired) electrons. The van der Waals surface area contributed by atoms with Crippen LogP contribution in [-0.4, -0.2) is 16.0 Å². The number of carbonyl (C=O) groups is 1. The molecule has 1 heterocycles. The highest BCUT2D eigenvalue weighted by atomic mass is 35.5. The van der Waals surface area contributed by atoms with Crippen LogP contribution >= 0.6 is 23.2 Å². The predicted molar refractivity (Wildman–Crippen MR) is 118 cm³/mol. The number of fused-ring (bicyclic) bond motifs is 2. The van der Waals surface area contributed by atoms with E-state index >= 15 is 0 Å². The number of nitrogens with zero attached hydrogens (tertiary/aromatic N) is 1. The Morgan fingerprint density at radius 2 is 1.71 bits per heavy atom. The molecule has 0 unspecified atom stereocenters. The van der Waals surface area contributed by atoms with E-state index in [2.05, 4.69) is 5.32 Å². The maximum atomic E-state index is 11.6. The Balaban J connectivity index is 1.52. The molecular formula is C22H16Cl2N2O5. The number of nitro groups is 1. The standard InChI is InChI=1S/C22H16Cl2N2O5/c23-16-6-4-12(8-17(16)24)2-1-3-13-5-7-19-18(9-13)25-21-15(22(27)28)10-14(26(29)30)11-20(21)31-19/h4-11,25H,1-3H2,(H,27,28). The minimum atomic E-state index is -1.28. The molecule has 1 aliphatic rings. The lowest BCUT2D eigenvalue weighted by atomic mass is 10.0. The molecule has 0 bridgehead atoms. The van der Waals surface area contributed by atoms with Crippen LogP contribution in [-0.2, 0) is 12.8 Å². The number of carboxylic acid groups (broad SMARTS) is 1. The van der Waals surface area contributed by atoms with Gasteiger partial charge in [0.05, 0.1) is 38.0 Å². The Kier molecular flexibility index (Phi) is 5.71. The van der Waals surface area contributed by atoms with Crippen LogP contribution in [0.15, 0.2) is 48.5 Å². The van der Waals surface area contributed by atoms with Gasteiger partial charge in [0.1, 0.15) is 0 Å². The normalized spacial score (nSPS) is 11.7. The zero-order chi connectivity index (χ0) is 22.1. The van der Waals surface area contributed by atoms with Crippen LogP contribution in [0.4, 0.5) is 17.1 Å². The van der Waals surface area contributed by atoms with Crippen LogP contribution in [0.2, 0.25) is 10.0 Å². The van der Waals surface area contributed by atoms with Crippen LogP contribution in [0.25, 0.3) is 0 Å². The summed E-state index contributed by atoms with van der Waals surface area (Å²) >= 11 is 12.0. The number of benzene rings is 3. The van der Waals surface area contributed by atoms with E-state index in [1.54, 1.807) is 12.1 Å². The molecule has 2 N–H and O–H groups in total. The summed E-state index contributed by atoms with van der Waals surface area (Å²) in [7, 11) is 0. The first-order chi connectivity index (χ1) is 14.8. The molecule has 4 rings (SSSR count). The molecule has 7 nitrogen and oxygen atoms in total. The molecule has 0 fully saturated rings. The van der Waals surface area contributed by atoms with Crippen molar-refractivity contribution in [2.24, 2.45) is 0 Å². The van der Waals surface area contributed by atoms with Gasteiger partial charge in [0.25, 0.3) is 5.69 Å². The van der Waals surface area contributed by atoms with E-state index in [1.165, 1.54) is 6.07 Å². The third-order valence-electron chi connectivity index (χ3n) is 4.97. The van der Waals surface area contributed by atoms with Gasteiger partial charge < -0.3 is 15.2 Å². The Labute approximate surface area is 187 Å². The van der Waals surface area contributed by atoms with Crippen molar-refractivity contribution in [3.8, 4) is 11.5 Å². The number of hydrogen-bond donors (Lipinski definition) is 2. The molecule has 0 amide bonds. The molecule has 0 atom stereocenters. The fourth-order valence-electron chi connectivity index (χ4n) is 3.45.